The zero-order valence-corrected chi connectivity index (χ0v) is 18.7. The maximum atomic E-state index is 13.2. The van der Waals surface area contributed by atoms with Crippen LogP contribution in [0.1, 0.15) is 37.9 Å². The lowest BCUT2D eigenvalue weighted by molar-refractivity contribution is 0.158. The molecule has 1 N–H and O–H groups in total. The van der Waals surface area contributed by atoms with E-state index in [-0.39, 0.29) is 10.9 Å². The van der Waals surface area contributed by atoms with Gasteiger partial charge in [0.05, 0.1) is 0 Å². The Hall–Kier alpha value is -2.38. The minimum absolute atomic E-state index is 0.0901. The average Bonchev–Trinajstić information content (AvgIpc) is 3.19. The SMILES string of the molecule is C/C1=C\C=C(\N(C)[C@H]2CN(S(=O)(=O)c3cccnc3)CC[C@H]2C)c2cc[nH]c2CC1. The molecule has 0 aromatic carbocycles. The van der Waals surface area contributed by atoms with Gasteiger partial charge >= 0.3 is 0 Å². The summed E-state index contributed by atoms with van der Waals surface area (Å²) in [5.41, 5.74) is 4.94. The number of sulfonamides is 1. The highest BCUT2D eigenvalue weighted by atomic mass is 32.2. The molecule has 3 heterocycles. The number of aryl methyl sites for hydroxylation is 1. The summed E-state index contributed by atoms with van der Waals surface area (Å²) in [6.45, 7) is 5.39. The fourth-order valence-corrected chi connectivity index (χ4v) is 5.88. The van der Waals surface area contributed by atoms with Gasteiger partial charge in [0.2, 0.25) is 10.0 Å². The molecule has 0 saturated carbocycles. The fourth-order valence-electron chi connectivity index (χ4n) is 4.44. The molecule has 1 aliphatic heterocycles. The summed E-state index contributed by atoms with van der Waals surface area (Å²) >= 11 is 0. The minimum Gasteiger partial charge on any atom is -0.369 e. The number of hydrogen-bond donors (Lipinski definition) is 1. The molecule has 0 spiro atoms. The van der Waals surface area contributed by atoms with E-state index in [0.29, 0.717) is 19.0 Å². The number of likely N-dealkylation sites (N-methyl/N-ethyl adjacent to an activating group) is 1. The predicted octanol–water partition coefficient (Wildman–Crippen LogP) is 3.67. The molecule has 30 heavy (non-hydrogen) atoms. The first-order valence-electron chi connectivity index (χ1n) is 10.5. The Labute approximate surface area is 179 Å². The molecular formula is C23H30N4O2S. The zero-order chi connectivity index (χ0) is 21.3. The van der Waals surface area contributed by atoms with Crippen molar-refractivity contribution in [1.82, 2.24) is 19.2 Å². The smallest absolute Gasteiger partial charge is 0.244 e. The summed E-state index contributed by atoms with van der Waals surface area (Å²) < 4.78 is 28.0. The molecule has 1 fully saturated rings. The Bertz CT molecular complexity index is 1060. The molecule has 1 aliphatic carbocycles. The van der Waals surface area contributed by atoms with Gasteiger partial charge in [0, 0.05) is 61.7 Å². The number of aromatic nitrogens is 2. The highest BCUT2D eigenvalue weighted by Crippen LogP contribution is 2.33. The Morgan fingerprint density at radius 2 is 2.07 bits per heavy atom. The number of aromatic amines is 1. The lowest BCUT2D eigenvalue weighted by Gasteiger charge is -2.43. The van der Waals surface area contributed by atoms with Gasteiger partial charge in [-0.15, -0.1) is 0 Å². The fraction of sp³-hybridized carbons (Fsp3) is 0.435. The lowest BCUT2D eigenvalue weighted by Crippen LogP contribution is -2.51. The second-order valence-electron chi connectivity index (χ2n) is 8.43. The summed E-state index contributed by atoms with van der Waals surface area (Å²) in [6, 6.07) is 5.51. The second-order valence-corrected chi connectivity index (χ2v) is 10.4. The van der Waals surface area contributed by atoms with E-state index in [4.69, 9.17) is 0 Å². The first-order valence-corrected chi connectivity index (χ1v) is 12.0. The maximum absolute atomic E-state index is 13.2. The summed E-state index contributed by atoms with van der Waals surface area (Å²) in [5.74, 6) is 0.383. The van der Waals surface area contributed by atoms with Gasteiger partial charge in [-0.3, -0.25) is 4.98 Å². The lowest BCUT2D eigenvalue weighted by atomic mass is 9.92. The molecule has 2 aromatic heterocycles. The van der Waals surface area contributed by atoms with Gasteiger partial charge in [-0.05, 0) is 56.4 Å². The van der Waals surface area contributed by atoms with Gasteiger partial charge in [-0.1, -0.05) is 18.6 Å². The number of nitrogens with zero attached hydrogens (tertiary/aromatic N) is 3. The first-order chi connectivity index (χ1) is 14.4. The van der Waals surface area contributed by atoms with E-state index in [2.05, 4.69) is 54.0 Å². The second kappa shape index (κ2) is 8.40. The largest absolute Gasteiger partial charge is 0.369 e. The minimum atomic E-state index is -3.55. The van der Waals surface area contributed by atoms with Crippen molar-refractivity contribution in [2.24, 2.45) is 5.92 Å². The Morgan fingerprint density at radius 3 is 2.83 bits per heavy atom. The van der Waals surface area contributed by atoms with E-state index in [1.54, 1.807) is 22.6 Å². The summed E-state index contributed by atoms with van der Waals surface area (Å²) in [7, 11) is -1.46. The summed E-state index contributed by atoms with van der Waals surface area (Å²) in [4.78, 5) is 9.93. The van der Waals surface area contributed by atoms with Crippen LogP contribution in [0, 0.1) is 5.92 Å². The third-order valence-corrected chi connectivity index (χ3v) is 8.28. The van der Waals surface area contributed by atoms with E-state index in [1.165, 1.54) is 23.0 Å². The third-order valence-electron chi connectivity index (χ3n) is 6.43. The number of pyridine rings is 1. The number of hydrogen-bond acceptors (Lipinski definition) is 4. The predicted molar refractivity (Wildman–Crippen MR) is 119 cm³/mol. The van der Waals surface area contributed by atoms with Crippen LogP contribution in [0.25, 0.3) is 5.70 Å². The van der Waals surface area contributed by atoms with Gasteiger partial charge in [-0.25, -0.2) is 8.42 Å². The molecule has 2 aliphatic rings. The standard InChI is InChI=1S/C23H30N4O2S/c1-17-6-8-21-20(10-13-25-21)22(9-7-17)26(3)23-16-27(14-11-18(23)2)30(28,29)19-5-4-12-24-15-19/h4-5,7,9-10,12-13,15,18,23,25H,6,8,11,14,16H2,1-3H3/b17-7+,22-9+/t18-,23+/m1/s1. The van der Waals surface area contributed by atoms with Gasteiger partial charge in [-0.2, -0.15) is 4.31 Å². The normalized spacial score (nSPS) is 26.5. The molecule has 0 bridgehead atoms. The van der Waals surface area contributed by atoms with E-state index in [0.717, 1.165) is 25.0 Å². The van der Waals surface area contributed by atoms with Crippen LogP contribution in [-0.2, 0) is 16.4 Å². The highest BCUT2D eigenvalue weighted by molar-refractivity contribution is 7.89. The summed E-state index contributed by atoms with van der Waals surface area (Å²) in [5, 5.41) is 0. The van der Waals surface area contributed by atoms with Crippen LogP contribution in [-0.4, -0.2) is 53.8 Å². The Balaban J connectivity index is 1.64. The number of nitrogens with one attached hydrogen (secondary N) is 1. The van der Waals surface area contributed by atoms with Crippen LogP contribution in [0.15, 0.2) is 59.4 Å². The molecule has 6 nitrogen and oxygen atoms in total. The molecule has 0 unspecified atom stereocenters. The molecule has 4 rings (SSSR count). The van der Waals surface area contributed by atoms with Gasteiger partial charge in [0.25, 0.3) is 0 Å². The molecule has 160 valence electrons. The van der Waals surface area contributed by atoms with Crippen LogP contribution < -0.4 is 0 Å². The maximum Gasteiger partial charge on any atom is 0.244 e. The van der Waals surface area contributed by atoms with Crippen molar-refractivity contribution in [2.75, 3.05) is 20.1 Å². The number of fused-ring (bicyclic) bond motifs is 1. The number of allylic oxidation sites excluding steroid dienone is 3. The molecule has 0 amide bonds. The van der Waals surface area contributed by atoms with Crippen LogP contribution in [0.5, 0.6) is 0 Å². The highest BCUT2D eigenvalue weighted by Gasteiger charge is 2.36. The quantitative estimate of drug-likeness (QED) is 0.810. The van der Waals surface area contributed by atoms with Crippen LogP contribution in [0.3, 0.4) is 0 Å². The van der Waals surface area contributed by atoms with E-state index >= 15 is 0 Å². The Kier molecular flexibility index (Phi) is 5.84. The molecular weight excluding hydrogens is 396 g/mol. The van der Waals surface area contributed by atoms with Crippen molar-refractivity contribution < 1.29 is 8.42 Å². The van der Waals surface area contributed by atoms with Crippen LogP contribution in [0.4, 0.5) is 0 Å². The summed E-state index contributed by atoms with van der Waals surface area (Å²) in [6.07, 6.45) is 12.3. The molecule has 7 heteroatoms. The van der Waals surface area contributed by atoms with Gasteiger partial charge in [0.1, 0.15) is 4.90 Å². The van der Waals surface area contributed by atoms with Gasteiger partial charge in [0.15, 0.2) is 0 Å². The van der Waals surface area contributed by atoms with Crippen molar-refractivity contribution in [1.29, 1.82) is 0 Å². The van der Waals surface area contributed by atoms with E-state index in [1.807, 2.05) is 6.20 Å². The molecule has 2 aromatic rings. The van der Waals surface area contributed by atoms with E-state index < -0.39 is 10.0 Å². The van der Waals surface area contributed by atoms with Gasteiger partial charge < -0.3 is 9.88 Å². The number of piperidine rings is 1. The van der Waals surface area contributed by atoms with Crippen LogP contribution >= 0.6 is 0 Å². The van der Waals surface area contributed by atoms with Crippen molar-refractivity contribution in [2.45, 2.75) is 44.0 Å². The monoisotopic (exact) mass is 426 g/mol. The van der Waals surface area contributed by atoms with Crippen molar-refractivity contribution in [3.8, 4) is 0 Å². The number of H-pyrrole nitrogens is 1. The number of rotatable bonds is 4. The van der Waals surface area contributed by atoms with Crippen molar-refractivity contribution in [3.63, 3.8) is 0 Å². The first kappa shape index (κ1) is 20.9. The average molecular weight is 427 g/mol. The molecule has 2 atom stereocenters. The third kappa shape index (κ3) is 3.96. The topological polar surface area (TPSA) is 69.3 Å². The Morgan fingerprint density at radius 1 is 1.23 bits per heavy atom. The van der Waals surface area contributed by atoms with Crippen molar-refractivity contribution in [3.05, 3.63) is 65.8 Å². The zero-order valence-electron chi connectivity index (χ0n) is 17.9. The van der Waals surface area contributed by atoms with E-state index in [9.17, 15) is 8.42 Å². The van der Waals surface area contributed by atoms with Crippen LogP contribution in [0.2, 0.25) is 0 Å². The molecule has 0 radical (unpaired) electrons. The molecule has 1 saturated heterocycles. The van der Waals surface area contributed by atoms with Crippen molar-refractivity contribution >= 4 is 15.7 Å².